The Labute approximate surface area is 131 Å². The van der Waals surface area contributed by atoms with Crippen molar-refractivity contribution in [3.05, 3.63) is 35.9 Å². The number of likely N-dealkylation sites (tertiary alicyclic amines) is 1. The van der Waals surface area contributed by atoms with Gasteiger partial charge in [-0.15, -0.1) is 0 Å². The lowest BCUT2D eigenvalue weighted by Crippen LogP contribution is -2.40. The Morgan fingerprint density at radius 3 is 2.38 bits per heavy atom. The molecule has 2 aliphatic carbocycles. The molecule has 0 aromatic heterocycles. The van der Waals surface area contributed by atoms with E-state index in [1.807, 2.05) is 30.3 Å². The van der Waals surface area contributed by atoms with Gasteiger partial charge in [-0.25, -0.2) is 0 Å². The second-order valence-electron chi connectivity index (χ2n) is 6.30. The van der Waals surface area contributed by atoms with E-state index in [0.29, 0.717) is 6.54 Å². The van der Waals surface area contributed by atoms with Crippen molar-refractivity contribution in [3.8, 4) is 0 Å². The summed E-state index contributed by atoms with van der Waals surface area (Å²) in [4.78, 5) is 26.6. The van der Waals surface area contributed by atoms with Crippen LogP contribution in [-0.2, 0) is 16.1 Å². The molecule has 1 saturated heterocycles. The molecule has 1 aromatic carbocycles. The van der Waals surface area contributed by atoms with Gasteiger partial charge in [-0.05, 0) is 23.8 Å². The minimum absolute atomic E-state index is 0.0577. The highest BCUT2D eigenvalue weighted by molar-refractivity contribution is 9.09. The van der Waals surface area contributed by atoms with Crippen molar-refractivity contribution in [2.45, 2.75) is 23.9 Å². The number of imide groups is 1. The summed E-state index contributed by atoms with van der Waals surface area (Å²) < 4.78 is 0. The molecule has 0 spiro atoms. The molecule has 2 amide bonds. The lowest BCUT2D eigenvalue weighted by Gasteiger charge is -2.29. The maximum absolute atomic E-state index is 12.6. The molecular weight excluding hydrogens is 334 g/mol. The highest BCUT2D eigenvalue weighted by Gasteiger charge is 2.66. The van der Waals surface area contributed by atoms with Gasteiger partial charge in [-0.1, -0.05) is 46.3 Å². The number of alkyl halides is 1. The number of amides is 2. The number of carbonyl (C=O) groups excluding carboxylic acids is 2. The largest absolute Gasteiger partial charge is 0.392 e. The monoisotopic (exact) mass is 349 g/mol. The molecular formula is C16H16BrNO3. The fourth-order valence-corrected chi connectivity index (χ4v) is 5.31. The van der Waals surface area contributed by atoms with Crippen LogP contribution in [0.2, 0.25) is 0 Å². The number of hydrogen-bond donors (Lipinski definition) is 1. The summed E-state index contributed by atoms with van der Waals surface area (Å²) in [7, 11) is 0. The average Bonchev–Trinajstić information content (AvgIpc) is 3.09. The third-order valence-corrected chi connectivity index (χ3v) is 6.53. The molecule has 2 bridgehead atoms. The Kier molecular flexibility index (Phi) is 2.98. The van der Waals surface area contributed by atoms with Gasteiger partial charge in [0.1, 0.15) is 0 Å². The smallest absolute Gasteiger partial charge is 0.233 e. The summed E-state index contributed by atoms with van der Waals surface area (Å²) in [6.07, 6.45) is 0.271. The average molecular weight is 350 g/mol. The Balaban J connectivity index is 1.62. The van der Waals surface area contributed by atoms with Gasteiger partial charge in [-0.2, -0.15) is 0 Å². The van der Waals surface area contributed by atoms with Gasteiger partial charge < -0.3 is 5.11 Å². The van der Waals surface area contributed by atoms with E-state index in [1.54, 1.807) is 0 Å². The van der Waals surface area contributed by atoms with E-state index in [2.05, 4.69) is 15.9 Å². The zero-order valence-corrected chi connectivity index (χ0v) is 12.9. The highest BCUT2D eigenvalue weighted by Crippen LogP contribution is 2.58. The summed E-state index contributed by atoms with van der Waals surface area (Å²) in [5.41, 5.74) is 0.961. The lowest BCUT2D eigenvalue weighted by atomic mass is 9.79. The van der Waals surface area contributed by atoms with Gasteiger partial charge in [0.25, 0.3) is 0 Å². The van der Waals surface area contributed by atoms with Crippen molar-refractivity contribution < 1.29 is 14.7 Å². The third kappa shape index (κ3) is 1.77. The highest BCUT2D eigenvalue weighted by atomic mass is 79.9. The van der Waals surface area contributed by atoms with Crippen molar-refractivity contribution >= 4 is 27.7 Å². The predicted molar refractivity (Wildman–Crippen MR) is 79.3 cm³/mol. The number of fused-ring (bicyclic) bond motifs is 5. The number of nitrogens with zero attached hydrogens (tertiary/aromatic N) is 1. The fraction of sp³-hybridized carbons (Fsp3) is 0.500. The molecule has 3 fully saturated rings. The van der Waals surface area contributed by atoms with E-state index in [0.717, 1.165) is 12.0 Å². The number of benzene rings is 1. The van der Waals surface area contributed by atoms with Crippen LogP contribution in [0.4, 0.5) is 0 Å². The van der Waals surface area contributed by atoms with Crippen LogP contribution in [0.3, 0.4) is 0 Å². The van der Waals surface area contributed by atoms with Crippen molar-refractivity contribution in [1.29, 1.82) is 0 Å². The van der Waals surface area contributed by atoms with Gasteiger partial charge in [0, 0.05) is 4.83 Å². The SMILES string of the molecule is O=C1[C@H]2[C@@H]3C[C@@H]([C@H](Br)[C@@H]3O)[C@@H]2C(=O)N1Cc1ccccc1. The van der Waals surface area contributed by atoms with Crippen molar-refractivity contribution in [2.75, 3.05) is 0 Å². The summed E-state index contributed by atoms with van der Waals surface area (Å²) in [5.74, 6) is -0.680. The third-order valence-electron chi connectivity index (χ3n) is 5.31. The van der Waals surface area contributed by atoms with E-state index in [-0.39, 0.29) is 40.3 Å². The summed E-state index contributed by atoms with van der Waals surface area (Å²) in [5, 5.41) is 10.2. The van der Waals surface area contributed by atoms with Crippen LogP contribution in [0.5, 0.6) is 0 Å². The van der Waals surface area contributed by atoms with E-state index in [9.17, 15) is 14.7 Å². The first-order valence-electron chi connectivity index (χ1n) is 7.31. The number of halogens is 1. The molecule has 1 aromatic rings. The first-order valence-corrected chi connectivity index (χ1v) is 8.22. The van der Waals surface area contributed by atoms with Crippen LogP contribution in [0.1, 0.15) is 12.0 Å². The summed E-state index contributed by atoms with van der Waals surface area (Å²) >= 11 is 3.50. The van der Waals surface area contributed by atoms with Crippen LogP contribution in [0.15, 0.2) is 30.3 Å². The van der Waals surface area contributed by atoms with Crippen LogP contribution < -0.4 is 0 Å². The van der Waals surface area contributed by atoms with Crippen LogP contribution in [0.25, 0.3) is 0 Å². The van der Waals surface area contributed by atoms with E-state index in [4.69, 9.17) is 0 Å². The molecule has 0 radical (unpaired) electrons. The Hall–Kier alpha value is -1.20. The van der Waals surface area contributed by atoms with Gasteiger partial charge in [0.05, 0.1) is 24.5 Å². The molecule has 1 N–H and O–H groups in total. The van der Waals surface area contributed by atoms with Crippen molar-refractivity contribution in [2.24, 2.45) is 23.7 Å². The van der Waals surface area contributed by atoms with E-state index in [1.165, 1.54) is 4.90 Å². The topological polar surface area (TPSA) is 57.6 Å². The zero-order chi connectivity index (χ0) is 14.7. The van der Waals surface area contributed by atoms with Gasteiger partial charge in [0.15, 0.2) is 0 Å². The molecule has 5 heteroatoms. The number of rotatable bonds is 2. The molecule has 110 valence electrons. The normalized spacial score (nSPS) is 41.0. The van der Waals surface area contributed by atoms with Crippen LogP contribution in [0, 0.1) is 23.7 Å². The summed E-state index contributed by atoms with van der Waals surface area (Å²) in [6, 6.07) is 9.57. The molecule has 3 aliphatic rings. The number of aliphatic hydroxyl groups is 1. The molecule has 4 rings (SSSR count). The predicted octanol–water partition coefficient (Wildman–Crippen LogP) is 1.56. The maximum atomic E-state index is 12.6. The van der Waals surface area contributed by atoms with Crippen LogP contribution in [-0.4, -0.2) is 32.8 Å². The van der Waals surface area contributed by atoms with Crippen molar-refractivity contribution in [3.63, 3.8) is 0 Å². The lowest BCUT2D eigenvalue weighted by molar-refractivity contribution is -0.141. The number of hydrogen-bond acceptors (Lipinski definition) is 3. The molecule has 21 heavy (non-hydrogen) atoms. The summed E-state index contributed by atoms with van der Waals surface area (Å²) in [6.45, 7) is 0.341. The minimum atomic E-state index is -0.510. The Morgan fingerprint density at radius 1 is 1.10 bits per heavy atom. The molecule has 4 nitrogen and oxygen atoms in total. The van der Waals surface area contributed by atoms with Gasteiger partial charge in [0.2, 0.25) is 11.8 Å². The quantitative estimate of drug-likeness (QED) is 0.651. The first kappa shape index (κ1) is 13.5. The Bertz CT molecular complexity index is 573. The standard InChI is InChI=1S/C16H16BrNO3/c17-13-9-6-10(14(13)19)12-11(9)15(20)18(16(12)21)7-8-4-2-1-3-5-8/h1-5,9-14,19H,6-7H2/t9-,10+,11+,12+,13+,14-/m1/s1. The van der Waals surface area contributed by atoms with Crippen molar-refractivity contribution in [1.82, 2.24) is 4.90 Å². The zero-order valence-electron chi connectivity index (χ0n) is 11.4. The van der Waals surface area contributed by atoms with E-state index < -0.39 is 6.10 Å². The maximum Gasteiger partial charge on any atom is 0.233 e. The molecule has 6 atom stereocenters. The second-order valence-corrected chi connectivity index (χ2v) is 7.36. The molecule has 0 unspecified atom stereocenters. The first-order chi connectivity index (χ1) is 10.1. The number of carbonyl (C=O) groups is 2. The van der Waals surface area contributed by atoms with Gasteiger partial charge >= 0.3 is 0 Å². The molecule has 1 aliphatic heterocycles. The molecule has 1 heterocycles. The van der Waals surface area contributed by atoms with Crippen LogP contribution >= 0.6 is 15.9 Å². The minimum Gasteiger partial charge on any atom is -0.392 e. The molecule has 2 saturated carbocycles. The fourth-order valence-electron chi connectivity index (χ4n) is 4.37. The van der Waals surface area contributed by atoms with Gasteiger partial charge in [-0.3, -0.25) is 14.5 Å². The number of aliphatic hydroxyl groups excluding tert-OH is 1. The second kappa shape index (κ2) is 4.65. The van der Waals surface area contributed by atoms with E-state index >= 15 is 0 Å². The Morgan fingerprint density at radius 2 is 1.71 bits per heavy atom.